The Morgan fingerprint density at radius 1 is 1.22 bits per heavy atom. The van der Waals surface area contributed by atoms with Gasteiger partial charge >= 0.3 is 0 Å². The number of carbonyl (C=O) groups excluding carboxylic acids is 1. The standard InChI is InChI=1S/C20H24N2O4S/c1-3-27(24,25)22-13-7-8-16-14-17(11-12-19(16)22)21-20(23)15(2)26-18-9-5-4-6-10-18/h4-6,9-12,14-15H,3,7-8,13H2,1-2H3,(H,21,23). The Hall–Kier alpha value is -2.54. The highest BCUT2D eigenvalue weighted by Gasteiger charge is 2.26. The molecule has 0 aromatic heterocycles. The van der Waals surface area contributed by atoms with Crippen LogP contribution in [-0.4, -0.2) is 32.7 Å². The number of rotatable bonds is 6. The molecule has 0 aliphatic carbocycles. The van der Waals surface area contributed by atoms with Crippen LogP contribution >= 0.6 is 0 Å². The van der Waals surface area contributed by atoms with Crippen molar-refractivity contribution in [3.8, 4) is 5.75 Å². The molecule has 1 heterocycles. The molecule has 1 aliphatic rings. The lowest BCUT2D eigenvalue weighted by Crippen LogP contribution is -2.36. The zero-order valence-electron chi connectivity index (χ0n) is 15.5. The minimum Gasteiger partial charge on any atom is -0.481 e. The van der Waals surface area contributed by atoms with E-state index in [0.29, 0.717) is 23.7 Å². The van der Waals surface area contributed by atoms with E-state index in [0.717, 1.165) is 18.4 Å². The lowest BCUT2D eigenvalue weighted by atomic mass is 10.0. The van der Waals surface area contributed by atoms with Gasteiger partial charge in [-0.1, -0.05) is 18.2 Å². The first-order valence-corrected chi connectivity index (χ1v) is 10.7. The van der Waals surface area contributed by atoms with E-state index in [1.165, 1.54) is 4.31 Å². The van der Waals surface area contributed by atoms with Gasteiger partial charge in [0.25, 0.3) is 5.91 Å². The topological polar surface area (TPSA) is 75.7 Å². The molecule has 7 heteroatoms. The highest BCUT2D eigenvalue weighted by Crippen LogP contribution is 2.31. The van der Waals surface area contributed by atoms with E-state index in [-0.39, 0.29) is 11.7 Å². The summed E-state index contributed by atoms with van der Waals surface area (Å²) in [5.74, 6) is 0.442. The average molecular weight is 388 g/mol. The number of nitrogens with zero attached hydrogens (tertiary/aromatic N) is 1. The van der Waals surface area contributed by atoms with Gasteiger partial charge in [0.1, 0.15) is 5.75 Å². The summed E-state index contributed by atoms with van der Waals surface area (Å²) < 4.78 is 31.7. The quantitative estimate of drug-likeness (QED) is 0.825. The smallest absolute Gasteiger partial charge is 0.265 e. The van der Waals surface area contributed by atoms with Gasteiger partial charge in [-0.15, -0.1) is 0 Å². The number of hydrogen-bond acceptors (Lipinski definition) is 4. The molecular formula is C20H24N2O4S. The summed E-state index contributed by atoms with van der Waals surface area (Å²) in [4.78, 5) is 12.4. The number of ether oxygens (including phenoxy) is 1. The fourth-order valence-electron chi connectivity index (χ4n) is 3.09. The number of aryl methyl sites for hydroxylation is 1. The number of hydrogen-bond donors (Lipinski definition) is 1. The van der Waals surface area contributed by atoms with Crippen LogP contribution < -0.4 is 14.4 Å². The maximum absolute atomic E-state index is 12.4. The average Bonchev–Trinajstić information content (AvgIpc) is 2.68. The number of carbonyl (C=O) groups is 1. The number of fused-ring (bicyclic) bond motifs is 1. The molecule has 0 saturated carbocycles. The van der Waals surface area contributed by atoms with Gasteiger partial charge < -0.3 is 10.1 Å². The minimum absolute atomic E-state index is 0.0687. The van der Waals surface area contributed by atoms with Gasteiger partial charge in [-0.3, -0.25) is 9.10 Å². The van der Waals surface area contributed by atoms with Gasteiger partial charge in [0, 0.05) is 12.2 Å². The number of amides is 1. The second-order valence-corrected chi connectivity index (χ2v) is 8.66. The van der Waals surface area contributed by atoms with Crippen molar-refractivity contribution in [3.05, 3.63) is 54.1 Å². The fourth-order valence-corrected chi connectivity index (χ4v) is 4.28. The molecule has 2 aromatic carbocycles. The first kappa shape index (κ1) is 19.2. The predicted molar refractivity (Wildman–Crippen MR) is 107 cm³/mol. The molecule has 27 heavy (non-hydrogen) atoms. The second-order valence-electron chi connectivity index (χ2n) is 6.48. The van der Waals surface area contributed by atoms with Crippen LogP contribution in [0.15, 0.2) is 48.5 Å². The van der Waals surface area contributed by atoms with E-state index in [1.807, 2.05) is 24.3 Å². The third kappa shape index (κ3) is 4.42. The Bertz CT molecular complexity index is 913. The van der Waals surface area contributed by atoms with Crippen molar-refractivity contribution in [1.29, 1.82) is 0 Å². The Balaban J connectivity index is 1.72. The van der Waals surface area contributed by atoms with Gasteiger partial charge in [0.15, 0.2) is 6.10 Å². The van der Waals surface area contributed by atoms with Crippen LogP contribution in [-0.2, 0) is 21.2 Å². The molecule has 1 aliphatic heterocycles. The third-order valence-electron chi connectivity index (χ3n) is 4.55. The Labute approximate surface area is 160 Å². The molecule has 3 rings (SSSR count). The summed E-state index contributed by atoms with van der Waals surface area (Å²) in [6.45, 7) is 3.83. The SMILES string of the molecule is CCS(=O)(=O)N1CCCc2cc(NC(=O)C(C)Oc3ccccc3)ccc21. The summed E-state index contributed by atoms with van der Waals surface area (Å²) in [6.07, 6.45) is 0.891. The molecule has 6 nitrogen and oxygen atoms in total. The summed E-state index contributed by atoms with van der Waals surface area (Å²) in [7, 11) is -3.29. The van der Waals surface area contributed by atoms with Gasteiger partial charge in [0.05, 0.1) is 11.4 Å². The molecule has 0 fully saturated rings. The van der Waals surface area contributed by atoms with Crippen molar-refractivity contribution in [2.24, 2.45) is 0 Å². The van der Waals surface area contributed by atoms with Crippen LogP contribution in [0.5, 0.6) is 5.75 Å². The molecule has 2 aromatic rings. The molecule has 1 amide bonds. The molecule has 0 radical (unpaired) electrons. The lowest BCUT2D eigenvalue weighted by molar-refractivity contribution is -0.122. The Morgan fingerprint density at radius 2 is 1.96 bits per heavy atom. The molecule has 1 N–H and O–H groups in total. The van der Waals surface area contributed by atoms with Crippen molar-refractivity contribution in [2.75, 3.05) is 21.9 Å². The van der Waals surface area contributed by atoms with E-state index in [1.54, 1.807) is 38.1 Å². The number of anilines is 2. The first-order valence-electron chi connectivity index (χ1n) is 9.06. The van der Waals surface area contributed by atoms with Crippen molar-refractivity contribution >= 4 is 27.3 Å². The van der Waals surface area contributed by atoms with Crippen LogP contribution in [0, 0.1) is 0 Å². The summed E-state index contributed by atoms with van der Waals surface area (Å²) in [6, 6.07) is 14.5. The molecular weight excluding hydrogens is 364 g/mol. The van der Waals surface area contributed by atoms with Crippen LogP contribution in [0.4, 0.5) is 11.4 Å². The van der Waals surface area contributed by atoms with Crippen LogP contribution in [0.3, 0.4) is 0 Å². The normalized spacial score (nSPS) is 15.0. The molecule has 0 saturated heterocycles. The minimum atomic E-state index is -3.29. The van der Waals surface area contributed by atoms with E-state index in [9.17, 15) is 13.2 Å². The number of benzene rings is 2. The van der Waals surface area contributed by atoms with Crippen molar-refractivity contribution in [2.45, 2.75) is 32.8 Å². The summed E-state index contributed by atoms with van der Waals surface area (Å²) >= 11 is 0. The van der Waals surface area contributed by atoms with Gasteiger partial charge in [-0.2, -0.15) is 0 Å². The summed E-state index contributed by atoms with van der Waals surface area (Å²) in [5.41, 5.74) is 2.26. The Morgan fingerprint density at radius 3 is 2.67 bits per heavy atom. The van der Waals surface area contributed by atoms with Crippen LogP contribution in [0.25, 0.3) is 0 Å². The lowest BCUT2D eigenvalue weighted by Gasteiger charge is -2.30. The summed E-state index contributed by atoms with van der Waals surface area (Å²) in [5, 5.41) is 2.85. The number of nitrogens with one attached hydrogen (secondary N) is 1. The molecule has 0 bridgehead atoms. The molecule has 1 atom stereocenters. The van der Waals surface area contributed by atoms with Gasteiger partial charge in [-0.05, 0) is 62.6 Å². The maximum atomic E-state index is 12.4. The monoisotopic (exact) mass is 388 g/mol. The van der Waals surface area contributed by atoms with Crippen molar-refractivity contribution < 1.29 is 17.9 Å². The molecule has 144 valence electrons. The zero-order valence-corrected chi connectivity index (χ0v) is 16.3. The van der Waals surface area contributed by atoms with Crippen LogP contribution in [0.2, 0.25) is 0 Å². The van der Waals surface area contributed by atoms with Gasteiger partial charge in [0.2, 0.25) is 10.0 Å². The Kier molecular flexibility index (Phi) is 5.70. The van der Waals surface area contributed by atoms with Crippen molar-refractivity contribution in [3.63, 3.8) is 0 Å². The van der Waals surface area contributed by atoms with Gasteiger partial charge in [-0.25, -0.2) is 8.42 Å². The zero-order chi connectivity index (χ0) is 19.4. The maximum Gasteiger partial charge on any atom is 0.265 e. The number of para-hydroxylation sites is 1. The highest BCUT2D eigenvalue weighted by atomic mass is 32.2. The first-order chi connectivity index (χ1) is 12.9. The third-order valence-corrected chi connectivity index (χ3v) is 6.33. The molecule has 0 spiro atoms. The fraction of sp³-hybridized carbons (Fsp3) is 0.350. The van der Waals surface area contributed by atoms with E-state index in [4.69, 9.17) is 4.74 Å². The van der Waals surface area contributed by atoms with Crippen molar-refractivity contribution in [1.82, 2.24) is 0 Å². The highest BCUT2D eigenvalue weighted by molar-refractivity contribution is 7.92. The van der Waals surface area contributed by atoms with Crippen LogP contribution in [0.1, 0.15) is 25.8 Å². The molecule has 1 unspecified atom stereocenters. The number of sulfonamides is 1. The van der Waals surface area contributed by atoms with E-state index >= 15 is 0 Å². The van der Waals surface area contributed by atoms with E-state index in [2.05, 4.69) is 5.32 Å². The second kappa shape index (κ2) is 8.00. The predicted octanol–water partition coefficient (Wildman–Crippen LogP) is 3.19. The van der Waals surface area contributed by atoms with E-state index < -0.39 is 16.1 Å². The largest absolute Gasteiger partial charge is 0.481 e.